The van der Waals surface area contributed by atoms with Crippen LogP contribution in [0.2, 0.25) is 5.15 Å². The number of halogens is 1. The monoisotopic (exact) mass is 297 g/mol. The summed E-state index contributed by atoms with van der Waals surface area (Å²) in [5.74, 6) is 1.19. The van der Waals surface area contributed by atoms with E-state index in [0.717, 1.165) is 5.82 Å². The van der Waals surface area contributed by atoms with Gasteiger partial charge in [-0.3, -0.25) is 0 Å². The van der Waals surface area contributed by atoms with E-state index < -0.39 is 5.60 Å². The fourth-order valence-electron chi connectivity index (χ4n) is 2.47. The quantitative estimate of drug-likeness (QED) is 0.843. The molecule has 0 aromatic carbocycles. The number of aromatic nitrogens is 4. The zero-order chi connectivity index (χ0) is 14.2. The number of hydrogen-bond acceptors (Lipinski definition) is 6. The number of nitrogens with zero attached hydrogens (tertiary/aromatic N) is 5. The van der Waals surface area contributed by atoms with E-state index in [1.54, 1.807) is 10.6 Å². The second-order valence-electron chi connectivity index (χ2n) is 5.10. The summed E-state index contributed by atoms with van der Waals surface area (Å²) in [7, 11) is 1.89. The summed E-state index contributed by atoms with van der Waals surface area (Å²) in [6.45, 7) is 1.64. The van der Waals surface area contributed by atoms with E-state index in [-0.39, 0.29) is 0 Å². The fourth-order valence-corrected chi connectivity index (χ4v) is 2.65. The van der Waals surface area contributed by atoms with E-state index in [9.17, 15) is 5.11 Å². The van der Waals surface area contributed by atoms with Gasteiger partial charge in [-0.2, -0.15) is 19.6 Å². The molecule has 1 saturated heterocycles. The van der Waals surface area contributed by atoms with Crippen molar-refractivity contribution in [3.8, 4) is 0 Å². The molecule has 7 nitrogen and oxygen atoms in total. The molecular weight excluding hydrogens is 282 g/mol. The molecule has 0 aliphatic carbocycles. The van der Waals surface area contributed by atoms with Crippen molar-refractivity contribution in [1.82, 2.24) is 19.6 Å². The van der Waals surface area contributed by atoms with Crippen molar-refractivity contribution in [3.63, 3.8) is 0 Å². The molecule has 2 aromatic heterocycles. The highest BCUT2D eigenvalue weighted by Gasteiger charge is 2.31. The van der Waals surface area contributed by atoms with Crippen molar-refractivity contribution in [2.24, 2.45) is 0 Å². The van der Waals surface area contributed by atoms with Crippen molar-refractivity contribution < 1.29 is 9.84 Å². The molecule has 1 aliphatic rings. The lowest BCUT2D eigenvalue weighted by Gasteiger charge is -2.36. The van der Waals surface area contributed by atoms with Crippen LogP contribution in [-0.2, 0) is 4.74 Å². The zero-order valence-corrected chi connectivity index (χ0v) is 11.9. The maximum Gasteiger partial charge on any atom is 0.255 e. The predicted octanol–water partition coefficient (Wildman–Crippen LogP) is 0.755. The van der Waals surface area contributed by atoms with Crippen LogP contribution in [0.4, 0.5) is 5.82 Å². The Labute approximate surface area is 121 Å². The number of hydrogen-bond donors (Lipinski definition) is 1. The molecule has 20 heavy (non-hydrogen) atoms. The Kier molecular flexibility index (Phi) is 3.49. The first-order valence-corrected chi connectivity index (χ1v) is 6.83. The third kappa shape index (κ3) is 2.56. The maximum absolute atomic E-state index is 10.6. The van der Waals surface area contributed by atoms with Gasteiger partial charge in [0.1, 0.15) is 17.3 Å². The lowest BCUT2D eigenvalue weighted by molar-refractivity contribution is -0.0573. The van der Waals surface area contributed by atoms with E-state index in [1.807, 2.05) is 11.9 Å². The standard InChI is InChI=1S/C12H16ClN5O2/c1-17(7-12(19)2-4-20-5-3-12)10-6-9(13)16-11-14-8-15-18(10)11/h6,8,19H,2-5,7H2,1H3. The molecule has 0 atom stereocenters. The summed E-state index contributed by atoms with van der Waals surface area (Å²) in [6, 6.07) is 1.71. The van der Waals surface area contributed by atoms with Crippen LogP contribution in [-0.4, -0.2) is 57.1 Å². The highest BCUT2D eigenvalue weighted by Crippen LogP contribution is 2.25. The highest BCUT2D eigenvalue weighted by molar-refractivity contribution is 6.29. The Hall–Kier alpha value is -1.44. The first-order valence-electron chi connectivity index (χ1n) is 6.45. The van der Waals surface area contributed by atoms with Crippen molar-refractivity contribution in [1.29, 1.82) is 0 Å². The van der Waals surface area contributed by atoms with Crippen LogP contribution in [0.3, 0.4) is 0 Å². The van der Waals surface area contributed by atoms with Crippen molar-refractivity contribution in [3.05, 3.63) is 17.5 Å². The number of fused-ring (bicyclic) bond motifs is 1. The molecule has 3 heterocycles. The molecule has 1 aliphatic heterocycles. The minimum Gasteiger partial charge on any atom is -0.388 e. The molecule has 0 bridgehead atoms. The Balaban J connectivity index is 1.88. The highest BCUT2D eigenvalue weighted by atomic mass is 35.5. The van der Waals surface area contributed by atoms with Gasteiger partial charge in [0.2, 0.25) is 0 Å². The van der Waals surface area contributed by atoms with E-state index >= 15 is 0 Å². The average molecular weight is 298 g/mol. The van der Waals surface area contributed by atoms with Crippen molar-refractivity contribution in [2.45, 2.75) is 18.4 Å². The molecule has 2 aromatic rings. The summed E-state index contributed by atoms with van der Waals surface area (Å²) < 4.78 is 6.90. The molecule has 0 unspecified atom stereocenters. The van der Waals surface area contributed by atoms with E-state index in [1.165, 1.54) is 6.33 Å². The molecule has 1 fully saturated rings. The molecule has 3 rings (SSSR count). The zero-order valence-electron chi connectivity index (χ0n) is 11.2. The minimum absolute atomic E-state index is 0.353. The summed E-state index contributed by atoms with van der Waals surface area (Å²) in [5.41, 5.74) is -0.754. The Bertz CT molecular complexity index is 611. The minimum atomic E-state index is -0.754. The van der Waals surface area contributed by atoms with Gasteiger partial charge >= 0.3 is 0 Å². The summed E-state index contributed by atoms with van der Waals surface area (Å²) in [6.07, 6.45) is 2.67. The number of likely N-dealkylation sites (N-methyl/N-ethyl adjacent to an activating group) is 1. The van der Waals surface area contributed by atoms with E-state index in [4.69, 9.17) is 16.3 Å². The lowest BCUT2D eigenvalue weighted by Crippen LogP contribution is -2.46. The van der Waals surface area contributed by atoms with Gasteiger partial charge in [0, 0.05) is 45.7 Å². The SMILES string of the molecule is CN(CC1(O)CCOCC1)c1cc(Cl)nc2ncnn12. The molecule has 0 saturated carbocycles. The molecule has 0 amide bonds. The van der Waals surface area contributed by atoms with Gasteiger partial charge in [-0.25, -0.2) is 0 Å². The van der Waals surface area contributed by atoms with Gasteiger partial charge in [0.25, 0.3) is 5.78 Å². The molecule has 108 valence electrons. The third-order valence-electron chi connectivity index (χ3n) is 3.55. The first kappa shape index (κ1) is 13.5. The Morgan fingerprint density at radius 2 is 2.25 bits per heavy atom. The van der Waals surface area contributed by atoms with Crippen LogP contribution in [0, 0.1) is 0 Å². The predicted molar refractivity (Wildman–Crippen MR) is 74.1 cm³/mol. The number of rotatable bonds is 3. The van der Waals surface area contributed by atoms with Crippen LogP contribution >= 0.6 is 11.6 Å². The fraction of sp³-hybridized carbons (Fsp3) is 0.583. The first-order chi connectivity index (χ1) is 9.57. The molecule has 0 spiro atoms. The van der Waals surface area contributed by atoms with E-state index in [0.29, 0.717) is 43.5 Å². The van der Waals surface area contributed by atoms with Crippen molar-refractivity contribution >= 4 is 23.2 Å². The molecular formula is C12H16ClN5O2. The van der Waals surface area contributed by atoms with Gasteiger partial charge in [-0.1, -0.05) is 11.6 Å². The average Bonchev–Trinajstić information content (AvgIpc) is 2.85. The van der Waals surface area contributed by atoms with Crippen LogP contribution in [0.1, 0.15) is 12.8 Å². The normalized spacial score (nSPS) is 18.4. The Morgan fingerprint density at radius 3 is 3.00 bits per heavy atom. The molecule has 8 heteroatoms. The maximum atomic E-state index is 10.6. The second kappa shape index (κ2) is 5.16. The number of aliphatic hydroxyl groups is 1. The van der Waals surface area contributed by atoms with Crippen LogP contribution < -0.4 is 4.90 Å². The second-order valence-corrected chi connectivity index (χ2v) is 5.49. The van der Waals surface area contributed by atoms with E-state index in [2.05, 4.69) is 15.1 Å². The van der Waals surface area contributed by atoms with Gasteiger partial charge in [-0.05, 0) is 0 Å². The van der Waals surface area contributed by atoms with Crippen LogP contribution in [0.5, 0.6) is 0 Å². The van der Waals surface area contributed by atoms with Gasteiger partial charge in [0.15, 0.2) is 0 Å². The summed E-state index contributed by atoms with van der Waals surface area (Å²) in [4.78, 5) is 10.0. The van der Waals surface area contributed by atoms with Gasteiger partial charge in [0.05, 0.1) is 5.60 Å². The third-order valence-corrected chi connectivity index (χ3v) is 3.74. The number of ether oxygens (including phenoxy) is 1. The van der Waals surface area contributed by atoms with Crippen LogP contribution in [0.25, 0.3) is 5.78 Å². The molecule has 1 N–H and O–H groups in total. The smallest absolute Gasteiger partial charge is 0.255 e. The summed E-state index contributed by atoms with van der Waals surface area (Å²) >= 11 is 6.00. The Morgan fingerprint density at radius 1 is 1.50 bits per heavy atom. The van der Waals surface area contributed by atoms with Gasteiger partial charge in [-0.15, -0.1) is 0 Å². The van der Waals surface area contributed by atoms with Gasteiger partial charge < -0.3 is 14.7 Å². The number of anilines is 1. The molecule has 0 radical (unpaired) electrons. The largest absolute Gasteiger partial charge is 0.388 e. The lowest BCUT2D eigenvalue weighted by atomic mass is 9.94. The summed E-state index contributed by atoms with van der Waals surface area (Å²) in [5, 5.41) is 15.1. The topological polar surface area (TPSA) is 75.8 Å². The van der Waals surface area contributed by atoms with Crippen LogP contribution in [0.15, 0.2) is 12.4 Å². The van der Waals surface area contributed by atoms with Crippen molar-refractivity contribution in [2.75, 3.05) is 31.7 Å².